The Bertz CT molecular complexity index is 578. The number of amides is 2. The number of piperidine rings is 1. The zero-order valence-corrected chi connectivity index (χ0v) is 11.6. The van der Waals surface area contributed by atoms with Crippen LogP contribution >= 0.6 is 0 Å². The van der Waals surface area contributed by atoms with E-state index in [1.54, 1.807) is 0 Å². The van der Waals surface area contributed by atoms with Crippen LogP contribution in [-0.4, -0.2) is 47.6 Å². The molecule has 0 aliphatic carbocycles. The summed E-state index contributed by atoms with van der Waals surface area (Å²) >= 11 is 0. The molecule has 0 unspecified atom stereocenters. The molecule has 3 N–H and O–H groups in total. The average molecular weight is 296 g/mol. The predicted molar refractivity (Wildman–Crippen MR) is 72.2 cm³/mol. The fourth-order valence-corrected chi connectivity index (χ4v) is 2.41. The van der Waals surface area contributed by atoms with Crippen molar-refractivity contribution in [1.29, 1.82) is 0 Å². The van der Waals surface area contributed by atoms with E-state index in [0.717, 1.165) is 0 Å². The van der Waals surface area contributed by atoms with Gasteiger partial charge in [0.05, 0.1) is 19.2 Å². The highest BCUT2D eigenvalue weighted by Crippen LogP contribution is 2.25. The number of likely N-dealkylation sites (tertiary alicyclic amines) is 1. The van der Waals surface area contributed by atoms with Crippen LogP contribution in [0.15, 0.2) is 18.2 Å². The summed E-state index contributed by atoms with van der Waals surface area (Å²) in [6, 6.07) is 4.24. The number of carbonyl (C=O) groups is 2. The topological polar surface area (TPSA) is 92.9 Å². The fourth-order valence-electron chi connectivity index (χ4n) is 2.41. The number of ether oxygens (including phenoxy) is 1. The molecule has 6 nitrogen and oxygen atoms in total. The highest BCUT2D eigenvalue weighted by Gasteiger charge is 2.40. The molecule has 0 spiro atoms. The molecular weight excluding hydrogens is 279 g/mol. The van der Waals surface area contributed by atoms with E-state index in [1.807, 2.05) is 0 Å². The quantitative estimate of drug-likeness (QED) is 0.838. The minimum absolute atomic E-state index is 0.0389. The molecule has 2 rings (SSSR count). The number of primary amides is 1. The van der Waals surface area contributed by atoms with Crippen LogP contribution < -0.4 is 10.5 Å². The van der Waals surface area contributed by atoms with Crippen molar-refractivity contribution in [3.8, 4) is 5.75 Å². The molecule has 114 valence electrons. The second kappa shape index (κ2) is 5.69. The van der Waals surface area contributed by atoms with Gasteiger partial charge in [-0.25, -0.2) is 4.39 Å². The highest BCUT2D eigenvalue weighted by molar-refractivity contribution is 5.96. The van der Waals surface area contributed by atoms with E-state index in [4.69, 9.17) is 10.5 Å². The molecule has 1 heterocycles. The molecule has 21 heavy (non-hydrogen) atoms. The molecule has 1 saturated heterocycles. The van der Waals surface area contributed by atoms with Gasteiger partial charge in [-0.05, 0) is 25.0 Å². The molecule has 0 radical (unpaired) electrons. The van der Waals surface area contributed by atoms with Gasteiger partial charge >= 0.3 is 0 Å². The fraction of sp³-hybridized carbons (Fsp3) is 0.429. The Morgan fingerprint density at radius 1 is 1.48 bits per heavy atom. The zero-order valence-electron chi connectivity index (χ0n) is 11.6. The number of methoxy groups -OCH3 is 1. The van der Waals surface area contributed by atoms with Crippen LogP contribution in [0.3, 0.4) is 0 Å². The van der Waals surface area contributed by atoms with Gasteiger partial charge in [0, 0.05) is 6.54 Å². The number of hydrogen-bond donors (Lipinski definition) is 2. The molecule has 1 aliphatic rings. The van der Waals surface area contributed by atoms with Crippen molar-refractivity contribution in [3.63, 3.8) is 0 Å². The van der Waals surface area contributed by atoms with Gasteiger partial charge in [-0.3, -0.25) is 9.59 Å². The van der Waals surface area contributed by atoms with Gasteiger partial charge in [0.1, 0.15) is 0 Å². The van der Waals surface area contributed by atoms with Crippen molar-refractivity contribution in [1.82, 2.24) is 4.90 Å². The largest absolute Gasteiger partial charge is 0.494 e. The number of hydrogen-bond acceptors (Lipinski definition) is 4. The number of nitrogens with two attached hydrogens (primary N) is 1. The Morgan fingerprint density at radius 3 is 2.81 bits per heavy atom. The van der Waals surface area contributed by atoms with E-state index in [-0.39, 0.29) is 24.3 Å². The average Bonchev–Trinajstić information content (AvgIpc) is 2.46. The lowest BCUT2D eigenvalue weighted by atomic mass is 9.92. The van der Waals surface area contributed by atoms with Gasteiger partial charge in [0.15, 0.2) is 17.2 Å². The summed E-state index contributed by atoms with van der Waals surface area (Å²) in [5, 5.41) is 10.1. The van der Waals surface area contributed by atoms with E-state index in [9.17, 15) is 19.1 Å². The first-order chi connectivity index (χ1) is 9.89. The van der Waals surface area contributed by atoms with Gasteiger partial charge in [0.2, 0.25) is 0 Å². The maximum Gasteiger partial charge on any atom is 0.257 e. The maximum atomic E-state index is 14.1. The van der Waals surface area contributed by atoms with Crippen LogP contribution in [0.1, 0.15) is 23.2 Å². The molecule has 1 fully saturated rings. The van der Waals surface area contributed by atoms with Crippen LogP contribution in [0.25, 0.3) is 0 Å². The minimum Gasteiger partial charge on any atom is -0.494 e. The molecule has 1 aromatic rings. The molecule has 0 saturated carbocycles. The van der Waals surface area contributed by atoms with Crippen LogP contribution in [-0.2, 0) is 4.79 Å². The zero-order chi connectivity index (χ0) is 15.6. The summed E-state index contributed by atoms with van der Waals surface area (Å²) in [6.07, 6.45) is 0.601. The first kappa shape index (κ1) is 15.2. The Hall–Kier alpha value is -2.15. The van der Waals surface area contributed by atoms with Crippen LogP contribution in [0.2, 0.25) is 0 Å². The van der Waals surface area contributed by atoms with Crippen molar-refractivity contribution in [2.75, 3.05) is 20.2 Å². The summed E-state index contributed by atoms with van der Waals surface area (Å²) in [5.41, 5.74) is 3.23. The SMILES string of the molecule is COc1cccc(C(=O)N2CCC[C@](O)(C(N)=O)C2)c1F. The lowest BCUT2D eigenvalue weighted by Crippen LogP contribution is -2.57. The molecule has 7 heteroatoms. The lowest BCUT2D eigenvalue weighted by molar-refractivity contribution is -0.140. The lowest BCUT2D eigenvalue weighted by Gasteiger charge is -2.37. The molecular formula is C14H17FN2O4. The normalized spacial score (nSPS) is 22.0. The second-order valence-electron chi connectivity index (χ2n) is 5.05. The number of carbonyl (C=O) groups excluding carboxylic acids is 2. The van der Waals surface area contributed by atoms with Crippen molar-refractivity contribution < 1.29 is 23.8 Å². The van der Waals surface area contributed by atoms with Gasteiger partial charge in [0.25, 0.3) is 11.8 Å². The number of aliphatic hydroxyl groups is 1. The standard InChI is InChI=1S/C14H17FN2O4/c1-21-10-5-2-4-9(11(10)15)12(18)17-7-3-6-14(20,8-17)13(16)19/h2,4-5,20H,3,6-8H2,1H3,(H2,16,19)/t14-/m1/s1. The van der Waals surface area contributed by atoms with E-state index in [2.05, 4.69) is 0 Å². The summed E-state index contributed by atoms with van der Waals surface area (Å²) in [4.78, 5) is 24.9. The van der Waals surface area contributed by atoms with Gasteiger partial charge < -0.3 is 20.5 Å². The molecule has 2 amide bonds. The molecule has 1 aromatic carbocycles. The van der Waals surface area contributed by atoms with E-state index in [1.165, 1.54) is 30.2 Å². The number of rotatable bonds is 3. The van der Waals surface area contributed by atoms with Crippen LogP contribution in [0.5, 0.6) is 5.75 Å². The molecule has 0 bridgehead atoms. The Labute approximate surface area is 121 Å². The molecule has 1 atom stereocenters. The first-order valence-electron chi connectivity index (χ1n) is 6.53. The van der Waals surface area contributed by atoms with E-state index >= 15 is 0 Å². The van der Waals surface area contributed by atoms with Gasteiger partial charge in [-0.1, -0.05) is 6.07 Å². The summed E-state index contributed by atoms with van der Waals surface area (Å²) in [5.74, 6) is -2.29. The molecule has 1 aliphatic heterocycles. The van der Waals surface area contributed by atoms with Crippen molar-refractivity contribution >= 4 is 11.8 Å². The van der Waals surface area contributed by atoms with Crippen LogP contribution in [0, 0.1) is 5.82 Å². The van der Waals surface area contributed by atoms with Crippen molar-refractivity contribution in [3.05, 3.63) is 29.6 Å². The number of halogens is 1. The smallest absolute Gasteiger partial charge is 0.257 e. The Kier molecular flexibility index (Phi) is 4.13. The maximum absolute atomic E-state index is 14.1. The van der Waals surface area contributed by atoms with Crippen molar-refractivity contribution in [2.24, 2.45) is 5.73 Å². The summed E-state index contributed by atoms with van der Waals surface area (Å²) in [6.45, 7) is 0.0862. The number of nitrogens with zero attached hydrogens (tertiary/aromatic N) is 1. The minimum atomic E-state index is -1.76. The summed E-state index contributed by atoms with van der Waals surface area (Å²) in [7, 11) is 1.30. The van der Waals surface area contributed by atoms with Crippen molar-refractivity contribution in [2.45, 2.75) is 18.4 Å². The number of β-amino-alcohol motifs (C(OH)–C–C–N with tert-alkyl or cyclic N) is 1. The van der Waals surface area contributed by atoms with E-state index in [0.29, 0.717) is 13.0 Å². The number of benzene rings is 1. The third kappa shape index (κ3) is 2.82. The third-order valence-electron chi connectivity index (χ3n) is 3.63. The third-order valence-corrected chi connectivity index (χ3v) is 3.63. The first-order valence-corrected chi connectivity index (χ1v) is 6.53. The summed E-state index contributed by atoms with van der Waals surface area (Å²) < 4.78 is 18.9. The second-order valence-corrected chi connectivity index (χ2v) is 5.05. The predicted octanol–water partition coefficient (Wildman–Crippen LogP) is 0.287. The Morgan fingerprint density at radius 2 is 2.19 bits per heavy atom. The van der Waals surface area contributed by atoms with Crippen LogP contribution in [0.4, 0.5) is 4.39 Å². The van der Waals surface area contributed by atoms with E-state index < -0.39 is 23.2 Å². The van der Waals surface area contributed by atoms with Gasteiger partial charge in [-0.2, -0.15) is 0 Å². The molecule has 0 aromatic heterocycles. The highest BCUT2D eigenvalue weighted by atomic mass is 19.1. The Balaban J connectivity index is 2.26. The van der Waals surface area contributed by atoms with Gasteiger partial charge in [-0.15, -0.1) is 0 Å². The monoisotopic (exact) mass is 296 g/mol.